The topological polar surface area (TPSA) is 47.6 Å². The summed E-state index contributed by atoms with van der Waals surface area (Å²) in [6, 6.07) is 10.2. The largest absolute Gasteiger partial charge is 0.459 e. The second-order valence-corrected chi connectivity index (χ2v) is 7.48. The summed E-state index contributed by atoms with van der Waals surface area (Å²) in [6.07, 6.45) is 3.47. The van der Waals surface area contributed by atoms with Gasteiger partial charge in [0, 0.05) is 13.2 Å². The maximum atomic E-state index is 11.7. The number of carbonyl (C=O) groups excluding carboxylic acids is 1. The molecule has 1 aromatic carbocycles. The van der Waals surface area contributed by atoms with E-state index in [0.717, 1.165) is 19.6 Å². The van der Waals surface area contributed by atoms with Gasteiger partial charge in [-0.05, 0) is 51.0 Å². The van der Waals surface area contributed by atoms with Gasteiger partial charge in [0.05, 0.1) is 13.2 Å². The Balaban J connectivity index is 1.58. The maximum absolute atomic E-state index is 11.7. The van der Waals surface area contributed by atoms with E-state index in [4.69, 9.17) is 9.47 Å². The van der Waals surface area contributed by atoms with Crippen LogP contribution in [0, 0.1) is 5.41 Å². The SMILES string of the molecule is CC(C)(C)OC(=O)CNCC1(CCOCc2ccccc2)CC1. The summed E-state index contributed by atoms with van der Waals surface area (Å²) in [5.74, 6) is -0.186. The first-order chi connectivity index (χ1) is 10.9. The molecule has 0 unspecified atom stereocenters. The van der Waals surface area contributed by atoms with E-state index in [0.29, 0.717) is 12.0 Å². The van der Waals surface area contributed by atoms with Crippen LogP contribution in [-0.2, 0) is 20.9 Å². The summed E-state index contributed by atoms with van der Waals surface area (Å²) in [5.41, 5.74) is 1.11. The average molecular weight is 319 g/mol. The van der Waals surface area contributed by atoms with E-state index in [9.17, 15) is 4.79 Å². The molecule has 4 heteroatoms. The molecule has 2 rings (SSSR count). The Labute approximate surface area is 139 Å². The third-order valence-corrected chi connectivity index (χ3v) is 4.03. The minimum Gasteiger partial charge on any atom is -0.459 e. The van der Waals surface area contributed by atoms with Crippen LogP contribution in [0.4, 0.5) is 0 Å². The first-order valence-electron chi connectivity index (χ1n) is 8.43. The number of ether oxygens (including phenoxy) is 2. The van der Waals surface area contributed by atoms with Crippen LogP contribution in [0.2, 0.25) is 0 Å². The molecule has 1 aromatic rings. The minimum atomic E-state index is -0.415. The Morgan fingerprint density at radius 2 is 1.91 bits per heavy atom. The average Bonchev–Trinajstić information content (AvgIpc) is 3.23. The normalized spacial score (nSPS) is 16.1. The van der Waals surface area contributed by atoms with Gasteiger partial charge in [0.1, 0.15) is 5.60 Å². The molecule has 1 saturated carbocycles. The molecule has 23 heavy (non-hydrogen) atoms. The number of hydrogen-bond acceptors (Lipinski definition) is 4. The molecule has 1 fully saturated rings. The third kappa shape index (κ3) is 7.14. The lowest BCUT2D eigenvalue weighted by Gasteiger charge is -2.20. The predicted molar refractivity (Wildman–Crippen MR) is 91.1 cm³/mol. The molecule has 128 valence electrons. The van der Waals surface area contributed by atoms with Gasteiger partial charge in [-0.25, -0.2) is 0 Å². The van der Waals surface area contributed by atoms with Crippen LogP contribution in [0.15, 0.2) is 30.3 Å². The lowest BCUT2D eigenvalue weighted by atomic mass is 10.0. The third-order valence-electron chi connectivity index (χ3n) is 4.03. The van der Waals surface area contributed by atoms with Crippen molar-refractivity contribution in [3.05, 3.63) is 35.9 Å². The molecule has 0 aromatic heterocycles. The summed E-state index contributed by atoms with van der Waals surface area (Å²) >= 11 is 0. The van der Waals surface area contributed by atoms with Crippen LogP contribution < -0.4 is 5.32 Å². The van der Waals surface area contributed by atoms with Crippen LogP contribution in [0.1, 0.15) is 45.6 Å². The quantitative estimate of drug-likeness (QED) is 0.560. The Hall–Kier alpha value is -1.39. The molecule has 1 N–H and O–H groups in total. The highest BCUT2D eigenvalue weighted by atomic mass is 16.6. The number of rotatable bonds is 9. The molecule has 0 saturated heterocycles. The number of esters is 1. The van der Waals surface area contributed by atoms with Gasteiger partial charge in [-0.3, -0.25) is 4.79 Å². The minimum absolute atomic E-state index is 0.186. The Morgan fingerprint density at radius 1 is 1.22 bits per heavy atom. The monoisotopic (exact) mass is 319 g/mol. The van der Waals surface area contributed by atoms with Crippen LogP contribution in [-0.4, -0.2) is 31.3 Å². The van der Waals surface area contributed by atoms with E-state index in [1.54, 1.807) is 0 Å². The van der Waals surface area contributed by atoms with Crippen molar-refractivity contribution in [2.45, 2.75) is 52.2 Å². The molecule has 0 spiro atoms. The highest BCUT2D eigenvalue weighted by molar-refractivity contribution is 5.72. The molecule has 4 nitrogen and oxygen atoms in total. The molecule has 0 amide bonds. The Morgan fingerprint density at radius 3 is 2.52 bits per heavy atom. The second kappa shape index (κ2) is 7.93. The molecule has 1 aliphatic rings. The zero-order valence-electron chi connectivity index (χ0n) is 14.6. The van der Waals surface area contributed by atoms with Gasteiger partial charge in [-0.1, -0.05) is 30.3 Å². The van der Waals surface area contributed by atoms with Crippen LogP contribution in [0.5, 0.6) is 0 Å². The summed E-state index contributed by atoms with van der Waals surface area (Å²) in [4.78, 5) is 11.7. The number of benzene rings is 1. The Bertz CT molecular complexity index is 489. The summed E-state index contributed by atoms with van der Waals surface area (Å²) in [7, 11) is 0. The summed E-state index contributed by atoms with van der Waals surface area (Å²) in [5, 5.41) is 3.24. The van der Waals surface area contributed by atoms with Crippen LogP contribution in [0.3, 0.4) is 0 Å². The molecule has 0 radical (unpaired) electrons. The molecule has 0 atom stereocenters. The number of hydrogen-bond donors (Lipinski definition) is 1. The van der Waals surface area contributed by atoms with Gasteiger partial charge < -0.3 is 14.8 Å². The first kappa shape index (κ1) is 18.0. The van der Waals surface area contributed by atoms with E-state index < -0.39 is 5.60 Å². The maximum Gasteiger partial charge on any atom is 0.320 e. The standard InChI is InChI=1S/C19H29NO3/c1-18(2,3)23-17(21)13-20-15-19(9-10-19)11-12-22-14-16-7-5-4-6-8-16/h4-8,20H,9-15H2,1-3H3. The van der Waals surface area contributed by atoms with Gasteiger partial charge in [0.2, 0.25) is 0 Å². The van der Waals surface area contributed by atoms with E-state index in [2.05, 4.69) is 17.4 Å². The molecule has 0 bridgehead atoms. The van der Waals surface area contributed by atoms with Gasteiger partial charge in [-0.2, -0.15) is 0 Å². The van der Waals surface area contributed by atoms with Gasteiger partial charge in [-0.15, -0.1) is 0 Å². The zero-order chi connectivity index (χ0) is 16.8. The molecule has 0 heterocycles. The highest BCUT2D eigenvalue weighted by Crippen LogP contribution is 2.48. The number of nitrogens with one attached hydrogen (secondary N) is 1. The van der Waals surface area contributed by atoms with Gasteiger partial charge in [0.15, 0.2) is 0 Å². The fourth-order valence-electron chi connectivity index (χ4n) is 2.55. The summed E-state index contributed by atoms with van der Waals surface area (Å²) in [6.45, 7) is 8.24. The molecule has 1 aliphatic carbocycles. The van der Waals surface area contributed by atoms with E-state index >= 15 is 0 Å². The van der Waals surface area contributed by atoms with Crippen molar-refractivity contribution in [1.82, 2.24) is 5.32 Å². The van der Waals surface area contributed by atoms with Crippen molar-refractivity contribution < 1.29 is 14.3 Å². The number of carbonyl (C=O) groups is 1. The van der Waals surface area contributed by atoms with Crippen molar-refractivity contribution in [2.24, 2.45) is 5.41 Å². The van der Waals surface area contributed by atoms with E-state index in [1.807, 2.05) is 39.0 Å². The van der Waals surface area contributed by atoms with Crippen molar-refractivity contribution in [3.8, 4) is 0 Å². The first-order valence-corrected chi connectivity index (χ1v) is 8.43. The zero-order valence-corrected chi connectivity index (χ0v) is 14.6. The van der Waals surface area contributed by atoms with Crippen molar-refractivity contribution in [3.63, 3.8) is 0 Å². The van der Waals surface area contributed by atoms with Gasteiger partial charge in [0.25, 0.3) is 0 Å². The molecule has 0 aliphatic heterocycles. The lowest BCUT2D eigenvalue weighted by molar-refractivity contribution is -0.153. The van der Waals surface area contributed by atoms with E-state index in [-0.39, 0.29) is 12.5 Å². The van der Waals surface area contributed by atoms with Crippen LogP contribution in [0.25, 0.3) is 0 Å². The van der Waals surface area contributed by atoms with Crippen molar-refractivity contribution in [2.75, 3.05) is 19.7 Å². The smallest absolute Gasteiger partial charge is 0.320 e. The predicted octanol–water partition coefficient (Wildman–Crippen LogP) is 3.30. The fourth-order valence-corrected chi connectivity index (χ4v) is 2.55. The van der Waals surface area contributed by atoms with Crippen molar-refractivity contribution >= 4 is 5.97 Å². The fraction of sp³-hybridized carbons (Fsp3) is 0.632. The highest BCUT2D eigenvalue weighted by Gasteiger charge is 2.41. The second-order valence-electron chi connectivity index (χ2n) is 7.48. The lowest BCUT2D eigenvalue weighted by Crippen LogP contribution is -2.34. The van der Waals surface area contributed by atoms with Crippen molar-refractivity contribution in [1.29, 1.82) is 0 Å². The summed E-state index contributed by atoms with van der Waals surface area (Å²) < 4.78 is 11.1. The van der Waals surface area contributed by atoms with Gasteiger partial charge >= 0.3 is 5.97 Å². The Kier molecular flexibility index (Phi) is 6.19. The molecular weight excluding hydrogens is 290 g/mol. The molecular formula is C19H29NO3. The van der Waals surface area contributed by atoms with Crippen LogP contribution >= 0.6 is 0 Å². The van der Waals surface area contributed by atoms with E-state index in [1.165, 1.54) is 18.4 Å².